The van der Waals surface area contributed by atoms with Crippen LogP contribution in [0.2, 0.25) is 0 Å². The van der Waals surface area contributed by atoms with Crippen LogP contribution < -0.4 is 11.1 Å². The van der Waals surface area contributed by atoms with Gasteiger partial charge in [-0.05, 0) is 37.5 Å². The number of fused-ring (bicyclic) bond motifs is 1. The maximum Gasteiger partial charge on any atom is 0.127 e. The fourth-order valence-corrected chi connectivity index (χ4v) is 4.47. The molecule has 3 heterocycles. The summed E-state index contributed by atoms with van der Waals surface area (Å²) in [6.45, 7) is 3.86. The molecule has 0 saturated carbocycles. The fourth-order valence-electron chi connectivity index (χ4n) is 2.31. The van der Waals surface area contributed by atoms with Crippen molar-refractivity contribution >= 4 is 38.1 Å². The van der Waals surface area contributed by atoms with Crippen molar-refractivity contribution < 1.29 is 8.81 Å². The molecule has 0 aliphatic carbocycles. The zero-order valence-electron chi connectivity index (χ0n) is 13.4. The molecule has 0 aliphatic rings. The second-order valence-corrected chi connectivity index (χ2v) is 7.32. The maximum atomic E-state index is 13.4. The summed E-state index contributed by atoms with van der Waals surface area (Å²) in [6, 6.07) is 3.24. The largest absolute Gasteiger partial charge is 0.467 e. The summed E-state index contributed by atoms with van der Waals surface area (Å²) < 4.78 is 24.4. The van der Waals surface area contributed by atoms with Crippen LogP contribution in [0.3, 0.4) is 0 Å². The number of nitrogens with two attached hydrogens (primary N) is 1. The standard InChI is InChI=1S/C17H18FN3OS2/c1-3-5-12-14(8-13(19)10(2)18)23-16-15(12)21-24-17(16)20-9-11-6-4-7-22-11/h4,6-7,10,13,20H,8-9,19H2,1-2H3/t10-,13-/m1/s1. The highest BCUT2D eigenvalue weighted by atomic mass is 32.1. The lowest BCUT2D eigenvalue weighted by Gasteiger charge is -2.11. The van der Waals surface area contributed by atoms with E-state index in [0.29, 0.717) is 13.0 Å². The molecule has 0 unspecified atom stereocenters. The van der Waals surface area contributed by atoms with E-state index in [0.717, 1.165) is 31.4 Å². The van der Waals surface area contributed by atoms with Gasteiger partial charge in [0.2, 0.25) is 0 Å². The van der Waals surface area contributed by atoms with Gasteiger partial charge in [0.25, 0.3) is 0 Å². The predicted molar refractivity (Wildman–Crippen MR) is 98.3 cm³/mol. The lowest BCUT2D eigenvalue weighted by atomic mass is 10.1. The highest BCUT2D eigenvalue weighted by Crippen LogP contribution is 2.39. The molecular formula is C17H18FN3OS2. The second-order valence-electron chi connectivity index (χ2n) is 5.44. The molecule has 0 fully saturated rings. The Morgan fingerprint density at radius 2 is 2.33 bits per heavy atom. The number of thiophene rings is 1. The Kier molecular flexibility index (Phi) is 5.19. The Hall–Kier alpha value is -1.88. The van der Waals surface area contributed by atoms with Crippen molar-refractivity contribution in [3.63, 3.8) is 0 Å². The van der Waals surface area contributed by atoms with Crippen molar-refractivity contribution in [2.75, 3.05) is 5.32 Å². The van der Waals surface area contributed by atoms with E-state index in [1.807, 2.05) is 12.1 Å². The molecule has 0 spiro atoms. The van der Waals surface area contributed by atoms with E-state index in [-0.39, 0.29) is 0 Å². The first-order valence-electron chi connectivity index (χ1n) is 7.59. The number of furan rings is 1. The molecule has 7 heteroatoms. The van der Waals surface area contributed by atoms with Crippen LogP contribution in [0.1, 0.15) is 30.0 Å². The number of rotatable bonds is 6. The Balaban J connectivity index is 1.91. The minimum absolute atomic E-state index is 0.463. The molecule has 0 saturated heterocycles. The SMILES string of the molecule is CC#Cc1c(C[C@@H](N)[C@@H](C)F)sc2c(NCc3ccco3)snc12. The first-order valence-corrected chi connectivity index (χ1v) is 9.18. The average molecular weight is 363 g/mol. The van der Waals surface area contributed by atoms with E-state index in [1.54, 1.807) is 24.5 Å². The fraction of sp³-hybridized carbons (Fsp3) is 0.353. The molecule has 0 amide bonds. The van der Waals surface area contributed by atoms with E-state index in [9.17, 15) is 4.39 Å². The second kappa shape index (κ2) is 7.34. The van der Waals surface area contributed by atoms with Crippen molar-refractivity contribution in [2.45, 2.75) is 39.0 Å². The monoisotopic (exact) mass is 363 g/mol. The minimum atomic E-state index is -1.06. The number of alkyl halides is 1. The predicted octanol–water partition coefficient (Wildman–Crippen LogP) is 4.16. The van der Waals surface area contributed by atoms with Gasteiger partial charge in [-0.1, -0.05) is 5.92 Å². The summed E-state index contributed by atoms with van der Waals surface area (Å²) in [7, 11) is 0. The summed E-state index contributed by atoms with van der Waals surface area (Å²) in [4.78, 5) is 0.993. The number of nitrogens with zero attached hydrogens (tertiary/aromatic N) is 1. The van der Waals surface area contributed by atoms with Gasteiger partial charge in [0.15, 0.2) is 0 Å². The molecule has 0 aliphatic heterocycles. The Bertz CT molecular complexity index is 871. The molecule has 3 rings (SSSR count). The number of anilines is 1. The maximum absolute atomic E-state index is 13.4. The van der Waals surface area contributed by atoms with Crippen molar-refractivity contribution in [1.29, 1.82) is 0 Å². The van der Waals surface area contributed by atoms with Gasteiger partial charge >= 0.3 is 0 Å². The quantitative estimate of drug-likeness (QED) is 0.646. The normalized spacial score (nSPS) is 13.5. The lowest BCUT2D eigenvalue weighted by molar-refractivity contribution is 0.305. The number of aromatic nitrogens is 1. The molecule has 3 N–H and O–H groups in total. The van der Waals surface area contributed by atoms with Gasteiger partial charge in [-0.3, -0.25) is 0 Å². The smallest absolute Gasteiger partial charge is 0.127 e. The van der Waals surface area contributed by atoms with Gasteiger partial charge in [-0.15, -0.1) is 17.3 Å². The van der Waals surface area contributed by atoms with Crippen LogP contribution in [0.15, 0.2) is 22.8 Å². The van der Waals surface area contributed by atoms with E-state index in [2.05, 4.69) is 21.5 Å². The van der Waals surface area contributed by atoms with Gasteiger partial charge in [0, 0.05) is 17.3 Å². The first kappa shape index (κ1) is 17.0. The molecule has 126 valence electrons. The van der Waals surface area contributed by atoms with Crippen LogP contribution in [0.25, 0.3) is 10.2 Å². The van der Waals surface area contributed by atoms with E-state index < -0.39 is 12.2 Å². The third kappa shape index (κ3) is 3.46. The molecule has 0 bridgehead atoms. The van der Waals surface area contributed by atoms with Crippen molar-refractivity contribution in [3.05, 3.63) is 34.6 Å². The average Bonchev–Trinajstić information content (AvgIpc) is 3.25. The summed E-state index contributed by atoms with van der Waals surface area (Å²) >= 11 is 2.99. The third-order valence-corrected chi connectivity index (χ3v) is 5.81. The van der Waals surface area contributed by atoms with E-state index >= 15 is 0 Å². The Morgan fingerprint density at radius 3 is 3.00 bits per heavy atom. The molecule has 2 atom stereocenters. The number of hydrogen-bond acceptors (Lipinski definition) is 6. The van der Waals surface area contributed by atoms with Crippen LogP contribution in [-0.4, -0.2) is 16.6 Å². The number of hydrogen-bond donors (Lipinski definition) is 2. The molecule has 4 nitrogen and oxygen atoms in total. The van der Waals surface area contributed by atoms with Crippen LogP contribution >= 0.6 is 22.9 Å². The van der Waals surface area contributed by atoms with Crippen molar-refractivity contribution in [3.8, 4) is 11.8 Å². The van der Waals surface area contributed by atoms with Gasteiger partial charge < -0.3 is 15.5 Å². The van der Waals surface area contributed by atoms with Gasteiger partial charge in [-0.2, -0.15) is 4.37 Å². The lowest BCUT2D eigenvalue weighted by Crippen LogP contribution is -2.31. The zero-order valence-corrected chi connectivity index (χ0v) is 15.1. The molecular weight excluding hydrogens is 345 g/mol. The first-order chi connectivity index (χ1) is 11.6. The molecule has 0 radical (unpaired) electrons. The summed E-state index contributed by atoms with van der Waals surface area (Å²) in [5, 5.41) is 4.32. The molecule has 0 aromatic carbocycles. The summed E-state index contributed by atoms with van der Waals surface area (Å²) in [5.74, 6) is 6.88. The van der Waals surface area contributed by atoms with Crippen molar-refractivity contribution in [2.24, 2.45) is 5.73 Å². The van der Waals surface area contributed by atoms with Crippen LogP contribution in [0, 0.1) is 11.8 Å². The van der Waals surface area contributed by atoms with Crippen LogP contribution in [-0.2, 0) is 13.0 Å². The van der Waals surface area contributed by atoms with Crippen LogP contribution in [0.4, 0.5) is 9.39 Å². The molecule has 3 aromatic rings. The number of halogens is 1. The summed E-state index contributed by atoms with van der Waals surface area (Å²) in [6.07, 6.45) is 1.05. The van der Waals surface area contributed by atoms with E-state index in [1.165, 1.54) is 18.5 Å². The van der Waals surface area contributed by atoms with Gasteiger partial charge in [-0.25, -0.2) is 4.39 Å². The summed E-state index contributed by atoms with van der Waals surface area (Å²) in [5.41, 5.74) is 7.64. The molecule has 3 aromatic heterocycles. The number of nitrogens with one attached hydrogen (secondary N) is 1. The Morgan fingerprint density at radius 1 is 1.50 bits per heavy atom. The van der Waals surface area contributed by atoms with Gasteiger partial charge in [0.1, 0.15) is 22.4 Å². The van der Waals surface area contributed by atoms with Gasteiger partial charge in [0.05, 0.1) is 23.1 Å². The highest BCUT2D eigenvalue weighted by molar-refractivity contribution is 7.24. The Labute approximate surface area is 148 Å². The van der Waals surface area contributed by atoms with Crippen molar-refractivity contribution in [1.82, 2.24) is 4.37 Å². The third-order valence-electron chi connectivity index (χ3n) is 3.65. The zero-order chi connectivity index (χ0) is 17.1. The topological polar surface area (TPSA) is 64.1 Å². The van der Waals surface area contributed by atoms with Crippen LogP contribution in [0.5, 0.6) is 0 Å². The van der Waals surface area contributed by atoms with E-state index in [4.69, 9.17) is 10.2 Å². The minimum Gasteiger partial charge on any atom is -0.467 e. The highest BCUT2D eigenvalue weighted by Gasteiger charge is 2.21. The molecule has 24 heavy (non-hydrogen) atoms.